The zero-order valence-electron chi connectivity index (χ0n) is 9.53. The molecule has 15 heavy (non-hydrogen) atoms. The molecule has 0 amide bonds. The summed E-state index contributed by atoms with van der Waals surface area (Å²) in [6.07, 6.45) is 1.66. The smallest absolute Gasteiger partial charge is 0.153 e. The Morgan fingerprint density at radius 3 is 2.87 bits per heavy atom. The van der Waals surface area contributed by atoms with Crippen LogP contribution in [0.4, 0.5) is 0 Å². The first kappa shape index (κ1) is 10.3. The summed E-state index contributed by atoms with van der Waals surface area (Å²) in [5, 5.41) is 4.44. The van der Waals surface area contributed by atoms with Gasteiger partial charge in [0.05, 0.1) is 0 Å². The van der Waals surface area contributed by atoms with Crippen LogP contribution in [0.3, 0.4) is 0 Å². The number of aromatic nitrogens is 3. The number of rotatable bonds is 2. The van der Waals surface area contributed by atoms with Gasteiger partial charge in [-0.1, -0.05) is 13.8 Å². The fourth-order valence-electron chi connectivity index (χ4n) is 1.92. The predicted molar refractivity (Wildman–Crippen MR) is 56.6 cm³/mol. The SMILES string of the molecule is CC(=O)C1CCn2nc(C(C)C)nc2C1. The number of hydrogen-bond donors (Lipinski definition) is 0. The van der Waals surface area contributed by atoms with E-state index in [1.54, 1.807) is 6.92 Å². The van der Waals surface area contributed by atoms with Gasteiger partial charge in [0.25, 0.3) is 0 Å². The molecule has 4 nitrogen and oxygen atoms in total. The van der Waals surface area contributed by atoms with Crippen molar-refractivity contribution in [3.05, 3.63) is 11.6 Å². The number of aryl methyl sites for hydroxylation is 1. The Balaban J connectivity index is 2.22. The average molecular weight is 207 g/mol. The Morgan fingerprint density at radius 1 is 1.53 bits per heavy atom. The molecule has 0 spiro atoms. The van der Waals surface area contributed by atoms with Gasteiger partial charge in [0.1, 0.15) is 11.6 Å². The molecular formula is C11H17N3O. The Labute approximate surface area is 89.7 Å². The third kappa shape index (κ3) is 1.94. The highest BCUT2D eigenvalue weighted by atomic mass is 16.1. The number of Topliss-reactive ketones (excluding diaryl/α,β-unsaturated/α-hetero) is 1. The second-order valence-corrected chi connectivity index (χ2v) is 4.56. The lowest BCUT2D eigenvalue weighted by molar-refractivity contribution is -0.121. The van der Waals surface area contributed by atoms with Crippen molar-refractivity contribution in [1.82, 2.24) is 14.8 Å². The van der Waals surface area contributed by atoms with E-state index >= 15 is 0 Å². The highest BCUT2D eigenvalue weighted by Crippen LogP contribution is 2.21. The van der Waals surface area contributed by atoms with Crippen LogP contribution in [0.5, 0.6) is 0 Å². The van der Waals surface area contributed by atoms with Crippen molar-refractivity contribution in [3.63, 3.8) is 0 Å². The van der Waals surface area contributed by atoms with E-state index in [1.807, 2.05) is 4.68 Å². The van der Waals surface area contributed by atoms with Crippen LogP contribution in [0.1, 0.15) is 44.8 Å². The van der Waals surface area contributed by atoms with Crippen molar-refractivity contribution in [2.75, 3.05) is 0 Å². The van der Waals surface area contributed by atoms with E-state index < -0.39 is 0 Å². The van der Waals surface area contributed by atoms with Gasteiger partial charge in [-0.05, 0) is 13.3 Å². The van der Waals surface area contributed by atoms with E-state index in [9.17, 15) is 4.79 Å². The molecule has 1 aromatic rings. The third-order valence-corrected chi connectivity index (χ3v) is 2.97. The number of fused-ring (bicyclic) bond motifs is 1. The highest BCUT2D eigenvalue weighted by molar-refractivity contribution is 5.78. The van der Waals surface area contributed by atoms with Crippen LogP contribution < -0.4 is 0 Å². The van der Waals surface area contributed by atoms with Gasteiger partial charge in [-0.25, -0.2) is 9.67 Å². The molecule has 1 unspecified atom stereocenters. The van der Waals surface area contributed by atoms with Crippen molar-refractivity contribution >= 4 is 5.78 Å². The molecule has 0 aromatic carbocycles. The van der Waals surface area contributed by atoms with E-state index in [1.165, 1.54) is 0 Å². The second kappa shape index (κ2) is 3.76. The molecule has 0 radical (unpaired) electrons. The van der Waals surface area contributed by atoms with Crippen LogP contribution in [-0.4, -0.2) is 20.5 Å². The number of carbonyl (C=O) groups is 1. The Morgan fingerprint density at radius 2 is 2.27 bits per heavy atom. The standard InChI is InChI=1S/C11H17N3O/c1-7(2)11-12-10-6-9(8(3)15)4-5-14(10)13-11/h7,9H,4-6H2,1-3H3. The van der Waals surface area contributed by atoms with Gasteiger partial charge in [-0.3, -0.25) is 4.79 Å². The molecular weight excluding hydrogens is 190 g/mol. The normalized spacial score (nSPS) is 20.4. The first-order chi connectivity index (χ1) is 7.08. The Kier molecular flexibility index (Phi) is 2.59. The average Bonchev–Trinajstić information content (AvgIpc) is 2.59. The summed E-state index contributed by atoms with van der Waals surface area (Å²) in [5.41, 5.74) is 0. The lowest BCUT2D eigenvalue weighted by Crippen LogP contribution is -2.24. The molecule has 1 aliphatic heterocycles. The van der Waals surface area contributed by atoms with Crippen molar-refractivity contribution in [3.8, 4) is 0 Å². The third-order valence-electron chi connectivity index (χ3n) is 2.97. The minimum absolute atomic E-state index is 0.154. The summed E-state index contributed by atoms with van der Waals surface area (Å²) in [6, 6.07) is 0. The quantitative estimate of drug-likeness (QED) is 0.739. The van der Waals surface area contributed by atoms with Crippen molar-refractivity contribution in [2.24, 2.45) is 5.92 Å². The van der Waals surface area contributed by atoms with Gasteiger partial charge in [-0.15, -0.1) is 0 Å². The molecule has 0 bridgehead atoms. The van der Waals surface area contributed by atoms with Crippen molar-refractivity contribution in [2.45, 2.75) is 46.1 Å². The minimum Gasteiger partial charge on any atom is -0.300 e. The maximum Gasteiger partial charge on any atom is 0.153 e. The summed E-state index contributed by atoms with van der Waals surface area (Å²) in [4.78, 5) is 15.8. The molecule has 0 saturated heterocycles. The summed E-state index contributed by atoms with van der Waals surface area (Å²) in [6.45, 7) is 6.67. The molecule has 0 aliphatic carbocycles. The van der Waals surface area contributed by atoms with E-state index in [-0.39, 0.29) is 11.7 Å². The largest absolute Gasteiger partial charge is 0.300 e. The van der Waals surface area contributed by atoms with Crippen LogP contribution >= 0.6 is 0 Å². The molecule has 1 aliphatic rings. The number of hydrogen-bond acceptors (Lipinski definition) is 3. The van der Waals surface area contributed by atoms with Crippen LogP contribution in [0.25, 0.3) is 0 Å². The molecule has 1 atom stereocenters. The molecule has 2 rings (SSSR count). The zero-order valence-corrected chi connectivity index (χ0v) is 9.53. The first-order valence-electron chi connectivity index (χ1n) is 5.52. The van der Waals surface area contributed by atoms with E-state index in [4.69, 9.17) is 0 Å². The monoisotopic (exact) mass is 207 g/mol. The van der Waals surface area contributed by atoms with Crippen molar-refractivity contribution < 1.29 is 4.79 Å². The lowest BCUT2D eigenvalue weighted by Gasteiger charge is -2.19. The summed E-state index contributed by atoms with van der Waals surface area (Å²) >= 11 is 0. The Hall–Kier alpha value is -1.19. The molecule has 0 saturated carbocycles. The highest BCUT2D eigenvalue weighted by Gasteiger charge is 2.25. The molecule has 2 heterocycles. The predicted octanol–water partition coefficient (Wildman–Crippen LogP) is 1.55. The molecule has 82 valence electrons. The topological polar surface area (TPSA) is 47.8 Å². The maximum absolute atomic E-state index is 11.3. The van der Waals surface area contributed by atoms with Crippen LogP contribution in [-0.2, 0) is 17.8 Å². The molecule has 1 aromatic heterocycles. The van der Waals surface area contributed by atoms with Gasteiger partial charge in [-0.2, -0.15) is 5.10 Å². The zero-order chi connectivity index (χ0) is 11.0. The van der Waals surface area contributed by atoms with E-state index in [0.29, 0.717) is 5.92 Å². The summed E-state index contributed by atoms with van der Waals surface area (Å²) in [7, 11) is 0. The van der Waals surface area contributed by atoms with Crippen molar-refractivity contribution in [1.29, 1.82) is 0 Å². The minimum atomic E-state index is 0.154. The van der Waals surface area contributed by atoms with Crippen LogP contribution in [0, 0.1) is 5.92 Å². The fourth-order valence-corrected chi connectivity index (χ4v) is 1.92. The van der Waals surface area contributed by atoms with Gasteiger partial charge < -0.3 is 0 Å². The maximum atomic E-state index is 11.3. The number of ketones is 1. The lowest BCUT2D eigenvalue weighted by atomic mass is 9.94. The van der Waals surface area contributed by atoms with Gasteiger partial charge in [0, 0.05) is 24.8 Å². The van der Waals surface area contributed by atoms with E-state index in [2.05, 4.69) is 23.9 Å². The number of nitrogens with zero attached hydrogens (tertiary/aromatic N) is 3. The molecule has 0 fully saturated rings. The van der Waals surface area contributed by atoms with Gasteiger partial charge in [0.2, 0.25) is 0 Å². The fraction of sp³-hybridized carbons (Fsp3) is 0.727. The first-order valence-corrected chi connectivity index (χ1v) is 5.52. The van der Waals surface area contributed by atoms with E-state index in [0.717, 1.165) is 31.0 Å². The molecule has 0 N–H and O–H groups in total. The molecule has 4 heteroatoms. The van der Waals surface area contributed by atoms with Gasteiger partial charge in [0.15, 0.2) is 5.82 Å². The van der Waals surface area contributed by atoms with Gasteiger partial charge >= 0.3 is 0 Å². The number of carbonyl (C=O) groups excluding carboxylic acids is 1. The van der Waals surface area contributed by atoms with Crippen LogP contribution in [0.15, 0.2) is 0 Å². The van der Waals surface area contributed by atoms with Crippen LogP contribution in [0.2, 0.25) is 0 Å². The Bertz CT molecular complexity index is 381. The summed E-state index contributed by atoms with van der Waals surface area (Å²) in [5.74, 6) is 2.66. The second-order valence-electron chi connectivity index (χ2n) is 4.56. The summed E-state index contributed by atoms with van der Waals surface area (Å²) < 4.78 is 1.95.